The average Bonchev–Trinajstić information content (AvgIpc) is 3.56. The van der Waals surface area contributed by atoms with Crippen molar-refractivity contribution in [1.29, 1.82) is 0 Å². The Morgan fingerprint density at radius 3 is 2.07 bits per heavy atom. The summed E-state index contributed by atoms with van der Waals surface area (Å²) in [4.78, 5) is 2.69. The fourth-order valence-electron chi connectivity index (χ4n) is 9.63. The van der Waals surface area contributed by atoms with Crippen LogP contribution >= 0.6 is 0 Å². The number of benzene rings is 3. The summed E-state index contributed by atoms with van der Waals surface area (Å²) >= 11 is 0. The zero-order chi connectivity index (χ0) is 39.9. The summed E-state index contributed by atoms with van der Waals surface area (Å²) in [5, 5.41) is 12.2. The summed E-state index contributed by atoms with van der Waals surface area (Å²) in [6.45, 7) is 28.7. The topological polar surface area (TPSA) is 51.2 Å². The number of unbranched alkanes of at least 4 members (excludes halogenated alkanes) is 1. The van der Waals surface area contributed by atoms with E-state index in [2.05, 4.69) is 126 Å². The molecule has 1 spiro atoms. The molecule has 6 rings (SSSR count). The summed E-state index contributed by atoms with van der Waals surface area (Å²) in [6, 6.07) is 25.8. The fraction of sp³-hybridized carbons (Fsp3) is 0.551. The molecule has 0 radical (unpaired) electrons. The molecule has 54 heavy (non-hydrogen) atoms. The Kier molecular flexibility index (Phi) is 17.6. The number of piperidine rings is 1. The van der Waals surface area contributed by atoms with Gasteiger partial charge in [0.25, 0.3) is 0 Å². The third-order valence-electron chi connectivity index (χ3n) is 12.2. The van der Waals surface area contributed by atoms with Crippen LogP contribution in [-0.2, 0) is 23.3 Å². The van der Waals surface area contributed by atoms with Gasteiger partial charge in [0.15, 0.2) is 11.5 Å². The number of allylic oxidation sites excluding steroid dienone is 2. The molecule has 1 N–H and O–H groups in total. The van der Waals surface area contributed by atoms with E-state index in [1.54, 1.807) is 12.2 Å². The van der Waals surface area contributed by atoms with Crippen LogP contribution in [0.4, 0.5) is 0 Å². The number of ether oxygens (including phenoxy) is 3. The number of nitrogens with zero attached hydrogens (tertiary/aromatic N) is 1. The Balaban J connectivity index is 0.000000794. The Morgan fingerprint density at radius 1 is 0.944 bits per heavy atom. The van der Waals surface area contributed by atoms with Crippen LogP contribution < -0.4 is 9.47 Å². The number of aryl methyl sites for hydroxylation is 1. The molecule has 3 unspecified atom stereocenters. The van der Waals surface area contributed by atoms with Gasteiger partial charge in [0.05, 0.1) is 5.60 Å². The van der Waals surface area contributed by atoms with E-state index in [1.807, 2.05) is 33.9 Å². The number of likely N-dealkylation sites (tertiary alicyclic amines) is 1. The minimum absolute atomic E-state index is 0.0606. The summed E-state index contributed by atoms with van der Waals surface area (Å²) in [5.41, 5.74) is 3.76. The second-order valence-electron chi connectivity index (χ2n) is 15.4. The van der Waals surface area contributed by atoms with Gasteiger partial charge in [-0.2, -0.15) is 0 Å². The molecule has 3 aromatic rings. The van der Waals surface area contributed by atoms with E-state index in [4.69, 9.17) is 14.2 Å². The van der Waals surface area contributed by atoms with Crippen LogP contribution in [0.2, 0.25) is 0 Å². The lowest BCUT2D eigenvalue weighted by Gasteiger charge is -2.66. The molecule has 2 fully saturated rings. The number of fused-ring (bicyclic) bond motifs is 1. The molecule has 5 nitrogen and oxygen atoms in total. The highest BCUT2D eigenvalue weighted by Gasteiger charge is 2.72. The van der Waals surface area contributed by atoms with E-state index in [0.717, 1.165) is 68.7 Å². The van der Waals surface area contributed by atoms with Crippen molar-refractivity contribution < 1.29 is 19.3 Å². The van der Waals surface area contributed by atoms with Gasteiger partial charge in [-0.15, -0.1) is 0 Å². The normalized spacial score (nSPS) is 26.2. The lowest BCUT2D eigenvalue weighted by molar-refractivity contribution is -0.217. The van der Waals surface area contributed by atoms with Crippen molar-refractivity contribution in [3.8, 4) is 11.5 Å². The first-order chi connectivity index (χ1) is 26.0. The molecular formula is C49H73NO4. The molecule has 1 aliphatic carbocycles. The maximum atomic E-state index is 12.2. The standard InChI is InChI=1S/C40H53NO4.C4H6.C3H8.C2H6/c1-7-9-22-38(5,42)32-25-39(8-2)29(4)41(26-30-16-12-10-13-17-30)24-23-40(39)34-28(3)20-21-33(36(34)45-37(40)35(32)43-6)44-27-31-18-14-11-15-19-31;1-3-4-2;1-3-2;1-2/h10-21,29,32,35,37,42H,7-9,22-27H2,1-6H3;3-4H,1-2H2;3H2,1-2H3;1-2H3/t29-,32?,35?,37+,38+,39-,40?;;;/m1.../s1. The molecule has 2 heterocycles. The van der Waals surface area contributed by atoms with Gasteiger partial charge in [-0.25, -0.2) is 0 Å². The molecular weight excluding hydrogens is 667 g/mol. The highest BCUT2D eigenvalue weighted by Crippen LogP contribution is 2.69. The first kappa shape index (κ1) is 45.0. The lowest BCUT2D eigenvalue weighted by atomic mass is 9.42. The lowest BCUT2D eigenvalue weighted by Crippen LogP contribution is -2.73. The molecule has 1 saturated heterocycles. The van der Waals surface area contributed by atoms with Gasteiger partial charge in [0.2, 0.25) is 0 Å². The van der Waals surface area contributed by atoms with Crippen LogP contribution in [-0.4, -0.2) is 47.5 Å². The van der Waals surface area contributed by atoms with Crippen molar-refractivity contribution in [2.45, 2.75) is 150 Å². The Hall–Kier alpha value is -3.38. The second-order valence-corrected chi connectivity index (χ2v) is 15.4. The Bertz CT molecular complexity index is 1550. The van der Waals surface area contributed by atoms with Crippen LogP contribution in [0.15, 0.2) is 98.1 Å². The molecule has 7 atom stereocenters. The third-order valence-corrected chi connectivity index (χ3v) is 12.2. The SMILES string of the molecule is C=CC=C.CC.CCC.CCCC[C@](C)(O)C1C[C@]2(CC)[C@@H](C)N(Cc3ccccc3)CCC23c2c(C)ccc(OCc4ccccc4)c2O[C@H]3C1OC. The molecule has 5 heteroatoms. The minimum Gasteiger partial charge on any atom is -0.485 e. The largest absolute Gasteiger partial charge is 0.485 e. The number of hydrogen-bond donors (Lipinski definition) is 1. The maximum Gasteiger partial charge on any atom is 0.165 e. The highest BCUT2D eigenvalue weighted by molar-refractivity contribution is 5.60. The summed E-state index contributed by atoms with van der Waals surface area (Å²) in [5.74, 6) is 1.62. The first-order valence-electron chi connectivity index (χ1n) is 20.8. The summed E-state index contributed by atoms with van der Waals surface area (Å²) in [7, 11) is 1.82. The van der Waals surface area contributed by atoms with Crippen molar-refractivity contribution in [3.05, 3.63) is 120 Å². The van der Waals surface area contributed by atoms with E-state index in [1.165, 1.54) is 23.1 Å². The number of rotatable bonds is 12. The zero-order valence-electron chi connectivity index (χ0n) is 35.5. The van der Waals surface area contributed by atoms with Crippen LogP contribution in [0, 0.1) is 18.3 Å². The Morgan fingerprint density at radius 2 is 1.54 bits per heavy atom. The number of methoxy groups -OCH3 is 1. The van der Waals surface area contributed by atoms with E-state index in [0.29, 0.717) is 6.61 Å². The van der Waals surface area contributed by atoms with Crippen LogP contribution in [0.25, 0.3) is 0 Å². The van der Waals surface area contributed by atoms with Gasteiger partial charge in [0.1, 0.15) is 18.8 Å². The van der Waals surface area contributed by atoms with Crippen molar-refractivity contribution in [2.24, 2.45) is 11.3 Å². The van der Waals surface area contributed by atoms with E-state index >= 15 is 0 Å². The average molecular weight is 740 g/mol. The van der Waals surface area contributed by atoms with Crippen molar-refractivity contribution in [3.63, 3.8) is 0 Å². The molecule has 0 bridgehead atoms. The second kappa shape index (κ2) is 21.1. The number of aliphatic hydroxyl groups is 1. The monoisotopic (exact) mass is 740 g/mol. The minimum atomic E-state index is -0.869. The molecule has 3 aromatic carbocycles. The molecule has 298 valence electrons. The molecule has 3 aliphatic rings. The van der Waals surface area contributed by atoms with Gasteiger partial charge < -0.3 is 19.3 Å². The molecule has 1 saturated carbocycles. The van der Waals surface area contributed by atoms with Gasteiger partial charge in [0, 0.05) is 36.6 Å². The number of hydrogen-bond acceptors (Lipinski definition) is 5. The molecule has 0 amide bonds. The predicted octanol–water partition coefficient (Wildman–Crippen LogP) is 12.0. The van der Waals surface area contributed by atoms with E-state index in [9.17, 15) is 5.11 Å². The molecule has 2 aliphatic heterocycles. The summed E-state index contributed by atoms with van der Waals surface area (Å²) in [6.07, 6.45) is 9.72. The third kappa shape index (κ3) is 9.18. The molecule has 0 aromatic heterocycles. The van der Waals surface area contributed by atoms with Crippen LogP contribution in [0.3, 0.4) is 0 Å². The fourth-order valence-corrected chi connectivity index (χ4v) is 9.63. The van der Waals surface area contributed by atoms with Gasteiger partial charge in [-0.05, 0) is 81.2 Å². The van der Waals surface area contributed by atoms with E-state index in [-0.39, 0.29) is 35.0 Å². The van der Waals surface area contributed by atoms with Gasteiger partial charge in [-0.1, -0.05) is 153 Å². The zero-order valence-corrected chi connectivity index (χ0v) is 35.5. The van der Waals surface area contributed by atoms with Crippen LogP contribution in [0.5, 0.6) is 11.5 Å². The predicted molar refractivity (Wildman–Crippen MR) is 228 cm³/mol. The summed E-state index contributed by atoms with van der Waals surface area (Å²) < 4.78 is 20.3. The van der Waals surface area contributed by atoms with Crippen LogP contribution in [0.1, 0.15) is 123 Å². The Labute approximate surface area is 329 Å². The smallest absolute Gasteiger partial charge is 0.165 e. The van der Waals surface area contributed by atoms with Crippen molar-refractivity contribution in [2.75, 3.05) is 13.7 Å². The van der Waals surface area contributed by atoms with Crippen molar-refractivity contribution in [1.82, 2.24) is 4.90 Å². The highest BCUT2D eigenvalue weighted by atomic mass is 16.6. The van der Waals surface area contributed by atoms with E-state index < -0.39 is 5.60 Å². The van der Waals surface area contributed by atoms with Gasteiger partial charge in [-0.3, -0.25) is 4.90 Å². The quantitative estimate of drug-likeness (QED) is 0.187. The maximum absolute atomic E-state index is 12.2. The van der Waals surface area contributed by atoms with Crippen molar-refractivity contribution >= 4 is 0 Å². The van der Waals surface area contributed by atoms with Gasteiger partial charge >= 0.3 is 0 Å². The first-order valence-corrected chi connectivity index (χ1v) is 20.8.